The summed E-state index contributed by atoms with van der Waals surface area (Å²) in [6.45, 7) is 5.66. The Morgan fingerprint density at radius 2 is 1.95 bits per heavy atom. The van der Waals surface area contributed by atoms with Crippen molar-refractivity contribution in [3.05, 3.63) is 22.2 Å². The third-order valence-electron chi connectivity index (χ3n) is 3.76. The normalized spacial score (nSPS) is 15.7. The molecular weight excluding hydrogens is 256 g/mol. The molecule has 2 rings (SSSR count). The molecule has 0 atom stereocenters. The highest BCUT2D eigenvalue weighted by Crippen LogP contribution is 2.49. The Balaban J connectivity index is 2.08. The van der Waals surface area contributed by atoms with Gasteiger partial charge in [0, 0.05) is 13.1 Å². The molecule has 0 bridgehead atoms. The van der Waals surface area contributed by atoms with Crippen molar-refractivity contribution >= 4 is 17.3 Å². The van der Waals surface area contributed by atoms with E-state index in [1.54, 1.807) is 0 Å². The zero-order valence-electron chi connectivity index (χ0n) is 12.1. The molecule has 0 saturated heterocycles. The van der Waals surface area contributed by atoms with Gasteiger partial charge in [0.25, 0.3) is 5.69 Å². The molecule has 1 heterocycles. The smallest absolute Gasteiger partial charge is 0.276 e. The molecule has 2 N–H and O–H groups in total. The molecule has 0 spiro atoms. The second-order valence-corrected chi connectivity index (χ2v) is 5.49. The topological polar surface area (TPSA) is 80.1 Å². The van der Waals surface area contributed by atoms with E-state index in [1.165, 1.54) is 37.8 Å². The lowest BCUT2D eigenvalue weighted by Gasteiger charge is -2.15. The van der Waals surface area contributed by atoms with Crippen LogP contribution in [0, 0.1) is 15.5 Å². The summed E-state index contributed by atoms with van der Waals surface area (Å²) in [6.07, 6.45) is 4.85. The van der Waals surface area contributed by atoms with E-state index in [0.717, 1.165) is 6.54 Å². The average molecular weight is 278 g/mol. The average Bonchev–Trinajstić information content (AvgIpc) is 3.17. The Morgan fingerprint density at radius 3 is 2.45 bits per heavy atom. The monoisotopic (exact) mass is 278 g/mol. The highest BCUT2D eigenvalue weighted by atomic mass is 16.6. The summed E-state index contributed by atoms with van der Waals surface area (Å²) >= 11 is 0. The minimum absolute atomic E-state index is 0.0683. The zero-order chi connectivity index (χ0) is 14.6. The van der Waals surface area contributed by atoms with E-state index >= 15 is 0 Å². The second-order valence-electron chi connectivity index (χ2n) is 5.49. The summed E-state index contributed by atoms with van der Waals surface area (Å²) in [7, 11) is 0. The maximum Gasteiger partial charge on any atom is 0.276 e. The van der Waals surface area contributed by atoms with Crippen molar-refractivity contribution in [3.8, 4) is 0 Å². The van der Waals surface area contributed by atoms with Crippen molar-refractivity contribution in [2.75, 3.05) is 23.7 Å². The number of nitro groups is 1. The molecule has 1 aromatic heterocycles. The van der Waals surface area contributed by atoms with E-state index in [0.29, 0.717) is 23.6 Å². The number of aromatic nitrogens is 1. The first-order valence-corrected chi connectivity index (χ1v) is 7.23. The van der Waals surface area contributed by atoms with Gasteiger partial charge in [-0.1, -0.05) is 13.3 Å². The van der Waals surface area contributed by atoms with Crippen molar-refractivity contribution in [2.24, 2.45) is 5.41 Å². The maximum atomic E-state index is 10.9. The minimum atomic E-state index is -0.382. The Kier molecular flexibility index (Phi) is 4.42. The molecule has 1 aromatic rings. The molecule has 20 heavy (non-hydrogen) atoms. The van der Waals surface area contributed by atoms with Crippen LogP contribution in [0.1, 0.15) is 39.5 Å². The van der Waals surface area contributed by atoms with Gasteiger partial charge in [0.2, 0.25) is 0 Å². The predicted molar refractivity (Wildman–Crippen MR) is 80.1 cm³/mol. The van der Waals surface area contributed by atoms with Gasteiger partial charge in [-0.25, -0.2) is 4.98 Å². The van der Waals surface area contributed by atoms with Crippen LogP contribution < -0.4 is 10.6 Å². The molecule has 0 aliphatic heterocycles. The quantitative estimate of drug-likeness (QED) is 0.562. The lowest BCUT2D eigenvalue weighted by atomic mass is 10.0. The van der Waals surface area contributed by atoms with Gasteiger partial charge in [-0.15, -0.1) is 0 Å². The van der Waals surface area contributed by atoms with Gasteiger partial charge < -0.3 is 10.6 Å². The highest BCUT2D eigenvalue weighted by molar-refractivity contribution is 5.54. The minimum Gasteiger partial charge on any atom is -0.370 e. The Labute approximate surface area is 119 Å². The molecule has 0 amide bonds. The summed E-state index contributed by atoms with van der Waals surface area (Å²) < 4.78 is 0. The van der Waals surface area contributed by atoms with Gasteiger partial charge in [-0.05, 0) is 31.6 Å². The van der Waals surface area contributed by atoms with Gasteiger partial charge >= 0.3 is 0 Å². The van der Waals surface area contributed by atoms with Crippen LogP contribution in [0.25, 0.3) is 0 Å². The molecule has 1 fully saturated rings. The first kappa shape index (κ1) is 14.6. The highest BCUT2D eigenvalue weighted by Gasteiger charge is 2.41. The number of pyridine rings is 1. The molecule has 1 aliphatic rings. The first-order valence-electron chi connectivity index (χ1n) is 7.23. The fraction of sp³-hybridized carbons (Fsp3) is 0.643. The van der Waals surface area contributed by atoms with Crippen molar-refractivity contribution in [1.29, 1.82) is 0 Å². The lowest BCUT2D eigenvalue weighted by Crippen LogP contribution is -2.16. The van der Waals surface area contributed by atoms with E-state index in [2.05, 4.69) is 22.5 Å². The van der Waals surface area contributed by atoms with Crippen molar-refractivity contribution in [3.63, 3.8) is 0 Å². The van der Waals surface area contributed by atoms with E-state index in [1.807, 2.05) is 6.92 Å². The van der Waals surface area contributed by atoms with Gasteiger partial charge in [0.15, 0.2) is 0 Å². The van der Waals surface area contributed by atoms with Crippen LogP contribution in [0.2, 0.25) is 0 Å². The number of anilines is 2. The number of nitrogens with one attached hydrogen (secondary N) is 2. The van der Waals surface area contributed by atoms with Crippen molar-refractivity contribution < 1.29 is 4.92 Å². The Hall–Kier alpha value is -1.85. The SMILES string of the molecule is CCCC1(CNc2cc([N+](=O)[O-])cc(NCC)n2)CC1. The second kappa shape index (κ2) is 6.07. The number of nitrogens with zero attached hydrogens (tertiary/aromatic N) is 2. The van der Waals surface area contributed by atoms with Crippen LogP contribution in [0.3, 0.4) is 0 Å². The zero-order valence-corrected chi connectivity index (χ0v) is 12.1. The van der Waals surface area contributed by atoms with Crippen LogP contribution in [0.4, 0.5) is 17.3 Å². The fourth-order valence-electron chi connectivity index (χ4n) is 2.48. The Morgan fingerprint density at radius 1 is 1.30 bits per heavy atom. The molecule has 0 aromatic carbocycles. The van der Waals surface area contributed by atoms with Crippen molar-refractivity contribution in [2.45, 2.75) is 39.5 Å². The molecule has 110 valence electrons. The van der Waals surface area contributed by atoms with Gasteiger partial charge in [0.1, 0.15) is 11.6 Å². The van der Waals surface area contributed by atoms with E-state index < -0.39 is 0 Å². The number of rotatable bonds is 8. The van der Waals surface area contributed by atoms with Gasteiger partial charge in [0.05, 0.1) is 17.1 Å². The molecule has 0 unspecified atom stereocenters. The van der Waals surface area contributed by atoms with Crippen LogP contribution in [-0.4, -0.2) is 23.0 Å². The summed E-state index contributed by atoms with van der Waals surface area (Å²) in [5.74, 6) is 1.13. The van der Waals surface area contributed by atoms with Crippen LogP contribution in [0.15, 0.2) is 12.1 Å². The molecule has 1 aliphatic carbocycles. The van der Waals surface area contributed by atoms with Gasteiger partial charge in [-0.2, -0.15) is 0 Å². The lowest BCUT2D eigenvalue weighted by molar-refractivity contribution is -0.384. The third-order valence-corrected chi connectivity index (χ3v) is 3.76. The van der Waals surface area contributed by atoms with E-state index in [-0.39, 0.29) is 10.6 Å². The summed E-state index contributed by atoms with van der Waals surface area (Å²) in [4.78, 5) is 14.9. The van der Waals surface area contributed by atoms with E-state index in [4.69, 9.17) is 0 Å². The largest absolute Gasteiger partial charge is 0.370 e. The number of hydrogen-bond acceptors (Lipinski definition) is 5. The third kappa shape index (κ3) is 3.59. The molecule has 0 radical (unpaired) electrons. The van der Waals surface area contributed by atoms with Crippen LogP contribution in [-0.2, 0) is 0 Å². The summed E-state index contributed by atoms with van der Waals surface area (Å²) in [5, 5.41) is 17.2. The summed E-state index contributed by atoms with van der Waals surface area (Å²) in [6, 6.07) is 2.97. The molecule has 1 saturated carbocycles. The van der Waals surface area contributed by atoms with E-state index in [9.17, 15) is 10.1 Å². The molecular formula is C14H22N4O2. The predicted octanol–water partition coefficient (Wildman–Crippen LogP) is 3.41. The number of hydrogen-bond donors (Lipinski definition) is 2. The standard InChI is InChI=1S/C14H22N4O2/c1-3-5-14(6-7-14)10-16-13-9-11(18(19)20)8-12(17-13)15-4-2/h8-9H,3-7,10H2,1-2H3,(H2,15,16,17). The maximum absolute atomic E-state index is 10.9. The fourth-order valence-corrected chi connectivity index (χ4v) is 2.48. The van der Waals surface area contributed by atoms with Crippen molar-refractivity contribution in [1.82, 2.24) is 4.98 Å². The Bertz CT molecular complexity index is 486. The van der Waals surface area contributed by atoms with Gasteiger partial charge in [-0.3, -0.25) is 10.1 Å². The van der Waals surface area contributed by atoms with Crippen LogP contribution >= 0.6 is 0 Å². The molecule has 6 heteroatoms. The summed E-state index contributed by atoms with van der Waals surface area (Å²) in [5.41, 5.74) is 0.457. The molecule has 6 nitrogen and oxygen atoms in total. The van der Waals surface area contributed by atoms with Crippen LogP contribution in [0.5, 0.6) is 0 Å². The first-order chi connectivity index (χ1) is 9.58.